The molecule has 0 N–H and O–H groups in total. The van der Waals surface area contributed by atoms with Crippen LogP contribution in [0, 0.1) is 13.8 Å². The summed E-state index contributed by atoms with van der Waals surface area (Å²) in [7, 11) is 0. The highest BCUT2D eigenvalue weighted by Gasteiger charge is 2.22. The van der Waals surface area contributed by atoms with Gasteiger partial charge in [-0.15, -0.1) is 0 Å². The average Bonchev–Trinajstić information content (AvgIpc) is 3.19. The molecular formula is C23H26N4O2. The van der Waals surface area contributed by atoms with Gasteiger partial charge in [0.05, 0.1) is 13.0 Å². The minimum absolute atomic E-state index is 0.188. The number of aromatic nitrogens is 2. The van der Waals surface area contributed by atoms with E-state index >= 15 is 0 Å². The Kier molecular flexibility index (Phi) is 5.71. The van der Waals surface area contributed by atoms with Gasteiger partial charge in [0.2, 0.25) is 17.6 Å². The molecular weight excluding hydrogens is 364 g/mol. The van der Waals surface area contributed by atoms with Gasteiger partial charge < -0.3 is 9.42 Å². The maximum absolute atomic E-state index is 12.6. The van der Waals surface area contributed by atoms with E-state index in [2.05, 4.69) is 41.0 Å². The summed E-state index contributed by atoms with van der Waals surface area (Å²) in [6.45, 7) is 7.78. The molecule has 2 aromatic carbocycles. The normalized spacial score (nSPS) is 14.9. The van der Waals surface area contributed by atoms with E-state index in [1.165, 1.54) is 11.1 Å². The zero-order chi connectivity index (χ0) is 20.2. The third-order valence-corrected chi connectivity index (χ3v) is 5.34. The van der Waals surface area contributed by atoms with Crippen LogP contribution in [0.25, 0.3) is 11.4 Å². The highest BCUT2D eigenvalue weighted by atomic mass is 16.5. The molecule has 0 aliphatic carbocycles. The van der Waals surface area contributed by atoms with Crippen LogP contribution in [-0.4, -0.2) is 52.0 Å². The van der Waals surface area contributed by atoms with Gasteiger partial charge in [-0.25, -0.2) is 0 Å². The van der Waals surface area contributed by atoms with Crippen LogP contribution >= 0.6 is 0 Å². The van der Waals surface area contributed by atoms with Crippen molar-refractivity contribution in [2.24, 2.45) is 0 Å². The van der Waals surface area contributed by atoms with E-state index in [1.54, 1.807) is 0 Å². The van der Waals surface area contributed by atoms with Crippen LogP contribution in [0.1, 0.15) is 22.6 Å². The Labute approximate surface area is 171 Å². The number of aryl methyl sites for hydroxylation is 2. The number of hydrogen-bond donors (Lipinski definition) is 0. The van der Waals surface area contributed by atoms with Crippen molar-refractivity contribution < 1.29 is 9.32 Å². The largest absolute Gasteiger partial charge is 0.340 e. The minimum Gasteiger partial charge on any atom is -0.340 e. The van der Waals surface area contributed by atoms with Crippen molar-refractivity contribution in [2.75, 3.05) is 26.2 Å². The van der Waals surface area contributed by atoms with Crippen molar-refractivity contribution in [1.82, 2.24) is 19.9 Å². The van der Waals surface area contributed by atoms with E-state index in [1.807, 2.05) is 41.3 Å². The van der Waals surface area contributed by atoms with E-state index in [9.17, 15) is 4.79 Å². The van der Waals surface area contributed by atoms with Gasteiger partial charge in [0.15, 0.2) is 0 Å². The highest BCUT2D eigenvalue weighted by molar-refractivity contribution is 5.78. The van der Waals surface area contributed by atoms with Crippen molar-refractivity contribution in [3.05, 3.63) is 71.1 Å². The Morgan fingerprint density at radius 2 is 1.55 bits per heavy atom. The first-order chi connectivity index (χ1) is 14.1. The van der Waals surface area contributed by atoms with Crippen LogP contribution in [0.2, 0.25) is 0 Å². The van der Waals surface area contributed by atoms with E-state index in [-0.39, 0.29) is 5.91 Å². The summed E-state index contributed by atoms with van der Waals surface area (Å²) in [5.41, 5.74) is 4.43. The lowest BCUT2D eigenvalue weighted by Gasteiger charge is -2.34. The standard InChI is InChI=1S/C23H26N4O2/c1-17-3-7-19(8-4-17)15-22(28)27-13-11-26(12-14-27)16-21-24-23(25-29-21)20-9-5-18(2)6-10-20/h3-10H,11-16H2,1-2H3. The summed E-state index contributed by atoms with van der Waals surface area (Å²) >= 11 is 0. The number of benzene rings is 2. The summed E-state index contributed by atoms with van der Waals surface area (Å²) in [6, 6.07) is 16.3. The lowest BCUT2D eigenvalue weighted by molar-refractivity contribution is -0.132. The molecule has 0 unspecified atom stereocenters. The van der Waals surface area contributed by atoms with Crippen molar-refractivity contribution in [2.45, 2.75) is 26.8 Å². The molecule has 3 aromatic rings. The first-order valence-electron chi connectivity index (χ1n) is 10.0. The Morgan fingerprint density at radius 3 is 2.21 bits per heavy atom. The average molecular weight is 390 g/mol. The molecule has 1 saturated heterocycles. The molecule has 0 bridgehead atoms. The predicted molar refractivity (Wildman–Crippen MR) is 111 cm³/mol. The predicted octanol–water partition coefficient (Wildman–Crippen LogP) is 3.24. The van der Waals surface area contributed by atoms with Crippen LogP contribution < -0.4 is 0 Å². The summed E-state index contributed by atoms with van der Waals surface area (Å²) in [5.74, 6) is 1.42. The molecule has 1 amide bonds. The molecule has 1 aromatic heterocycles. The fourth-order valence-electron chi connectivity index (χ4n) is 3.48. The maximum Gasteiger partial charge on any atom is 0.241 e. The summed E-state index contributed by atoms with van der Waals surface area (Å²) in [4.78, 5) is 21.3. The maximum atomic E-state index is 12.6. The molecule has 0 saturated carbocycles. The van der Waals surface area contributed by atoms with Gasteiger partial charge in [0.25, 0.3) is 0 Å². The van der Waals surface area contributed by atoms with E-state index in [0.29, 0.717) is 24.7 Å². The van der Waals surface area contributed by atoms with Gasteiger partial charge >= 0.3 is 0 Å². The quantitative estimate of drug-likeness (QED) is 0.669. The molecule has 29 heavy (non-hydrogen) atoms. The van der Waals surface area contributed by atoms with E-state index in [4.69, 9.17) is 4.52 Å². The number of carbonyl (C=O) groups is 1. The number of nitrogens with zero attached hydrogens (tertiary/aromatic N) is 4. The fourth-order valence-corrected chi connectivity index (χ4v) is 3.48. The second-order valence-electron chi connectivity index (χ2n) is 7.70. The number of rotatable bonds is 5. The molecule has 6 nitrogen and oxygen atoms in total. The Bertz CT molecular complexity index is 955. The summed E-state index contributed by atoms with van der Waals surface area (Å²) < 4.78 is 5.43. The number of hydrogen-bond acceptors (Lipinski definition) is 5. The van der Waals surface area contributed by atoms with Gasteiger partial charge in [-0.05, 0) is 19.4 Å². The Hall–Kier alpha value is -2.99. The second-order valence-corrected chi connectivity index (χ2v) is 7.70. The molecule has 1 aliphatic heterocycles. The molecule has 1 aliphatic rings. The first-order valence-corrected chi connectivity index (χ1v) is 10.0. The van der Waals surface area contributed by atoms with Crippen LogP contribution in [-0.2, 0) is 17.8 Å². The van der Waals surface area contributed by atoms with Crippen LogP contribution in [0.4, 0.5) is 0 Å². The van der Waals surface area contributed by atoms with Crippen LogP contribution in [0.5, 0.6) is 0 Å². The lowest BCUT2D eigenvalue weighted by Crippen LogP contribution is -2.48. The third kappa shape index (κ3) is 4.90. The highest BCUT2D eigenvalue weighted by Crippen LogP contribution is 2.17. The molecule has 4 rings (SSSR count). The summed E-state index contributed by atoms with van der Waals surface area (Å²) in [6.07, 6.45) is 0.462. The number of carbonyl (C=O) groups excluding carboxylic acids is 1. The number of amides is 1. The van der Waals surface area contributed by atoms with Crippen molar-refractivity contribution in [3.63, 3.8) is 0 Å². The van der Waals surface area contributed by atoms with Crippen molar-refractivity contribution in [3.8, 4) is 11.4 Å². The first kappa shape index (κ1) is 19.3. The SMILES string of the molecule is Cc1ccc(CC(=O)N2CCN(Cc3nc(-c4ccc(C)cc4)no3)CC2)cc1. The van der Waals surface area contributed by atoms with Crippen LogP contribution in [0.15, 0.2) is 53.1 Å². The third-order valence-electron chi connectivity index (χ3n) is 5.34. The van der Waals surface area contributed by atoms with Crippen molar-refractivity contribution >= 4 is 5.91 Å². The van der Waals surface area contributed by atoms with Crippen molar-refractivity contribution in [1.29, 1.82) is 0 Å². The van der Waals surface area contributed by atoms with E-state index < -0.39 is 0 Å². The van der Waals surface area contributed by atoms with Gasteiger partial charge in [-0.3, -0.25) is 9.69 Å². The topological polar surface area (TPSA) is 62.5 Å². The zero-order valence-corrected chi connectivity index (χ0v) is 17.0. The molecule has 0 spiro atoms. The minimum atomic E-state index is 0.188. The fraction of sp³-hybridized carbons (Fsp3) is 0.348. The molecule has 0 radical (unpaired) electrons. The molecule has 150 valence electrons. The van der Waals surface area contributed by atoms with Gasteiger partial charge in [0.1, 0.15) is 0 Å². The molecule has 2 heterocycles. The smallest absolute Gasteiger partial charge is 0.241 e. The van der Waals surface area contributed by atoms with Gasteiger partial charge in [0, 0.05) is 31.7 Å². The number of piperazine rings is 1. The van der Waals surface area contributed by atoms with Gasteiger partial charge in [-0.2, -0.15) is 4.98 Å². The Balaban J connectivity index is 1.28. The molecule has 1 fully saturated rings. The van der Waals surface area contributed by atoms with Gasteiger partial charge in [-0.1, -0.05) is 64.8 Å². The monoisotopic (exact) mass is 390 g/mol. The molecule has 6 heteroatoms. The second kappa shape index (κ2) is 8.57. The Morgan fingerprint density at radius 1 is 0.931 bits per heavy atom. The molecule has 0 atom stereocenters. The summed E-state index contributed by atoms with van der Waals surface area (Å²) in [5, 5.41) is 4.10. The lowest BCUT2D eigenvalue weighted by atomic mass is 10.1. The van der Waals surface area contributed by atoms with E-state index in [0.717, 1.165) is 37.3 Å². The van der Waals surface area contributed by atoms with Crippen LogP contribution in [0.3, 0.4) is 0 Å². The zero-order valence-electron chi connectivity index (χ0n) is 17.0.